The molecule has 5 rings (SSSR count). The third-order valence-corrected chi connectivity index (χ3v) is 7.36. The van der Waals surface area contributed by atoms with Crippen molar-refractivity contribution in [1.82, 2.24) is 14.9 Å². The molecular weight excluding hydrogens is 424 g/mol. The smallest absolute Gasteiger partial charge is 0.274 e. The summed E-state index contributed by atoms with van der Waals surface area (Å²) in [6.07, 6.45) is 1.44. The normalized spacial score (nSPS) is 16.4. The predicted octanol–water partition coefficient (Wildman–Crippen LogP) is 4.72. The van der Waals surface area contributed by atoms with E-state index in [9.17, 15) is 9.59 Å². The van der Waals surface area contributed by atoms with E-state index in [0.29, 0.717) is 23.8 Å². The van der Waals surface area contributed by atoms with Gasteiger partial charge >= 0.3 is 0 Å². The fourth-order valence-electron chi connectivity index (χ4n) is 3.43. The van der Waals surface area contributed by atoms with Crippen LogP contribution < -0.4 is 5.32 Å². The largest absolute Gasteiger partial charge is 0.325 e. The molecule has 0 aliphatic carbocycles. The number of benzene rings is 1. The molecule has 0 saturated carbocycles. The molecule has 1 aromatic carbocycles. The Labute approximate surface area is 178 Å². The van der Waals surface area contributed by atoms with Crippen LogP contribution in [0.1, 0.15) is 23.3 Å². The molecule has 1 N–H and O–H groups in total. The van der Waals surface area contributed by atoms with E-state index in [1.165, 1.54) is 22.7 Å². The van der Waals surface area contributed by atoms with E-state index in [-0.39, 0.29) is 11.8 Å². The molecule has 9 heteroatoms. The SMILES string of the molecule is O=C(Nc1nc2ccccc2s1)C1CCCN1C(=O)c1csc(-c2ccsc2)n1. The summed E-state index contributed by atoms with van der Waals surface area (Å²) >= 11 is 4.48. The van der Waals surface area contributed by atoms with E-state index in [2.05, 4.69) is 15.3 Å². The number of para-hydroxylation sites is 1. The number of rotatable bonds is 4. The molecule has 6 nitrogen and oxygen atoms in total. The Kier molecular flexibility index (Phi) is 4.86. The third kappa shape index (κ3) is 3.57. The number of fused-ring (bicyclic) bond motifs is 1. The number of anilines is 1. The fraction of sp³-hybridized carbons (Fsp3) is 0.200. The van der Waals surface area contributed by atoms with E-state index < -0.39 is 6.04 Å². The summed E-state index contributed by atoms with van der Waals surface area (Å²) in [6.45, 7) is 0.558. The van der Waals surface area contributed by atoms with Crippen molar-refractivity contribution in [2.45, 2.75) is 18.9 Å². The van der Waals surface area contributed by atoms with Crippen molar-refractivity contribution in [3.63, 3.8) is 0 Å². The van der Waals surface area contributed by atoms with Crippen LogP contribution in [0, 0.1) is 0 Å². The Morgan fingerprint density at radius 3 is 2.86 bits per heavy atom. The van der Waals surface area contributed by atoms with E-state index in [0.717, 1.165) is 27.2 Å². The minimum atomic E-state index is -0.499. The van der Waals surface area contributed by atoms with E-state index >= 15 is 0 Å². The molecule has 1 saturated heterocycles. The van der Waals surface area contributed by atoms with Crippen LogP contribution in [0.5, 0.6) is 0 Å². The quantitative estimate of drug-likeness (QED) is 0.498. The number of nitrogens with one attached hydrogen (secondary N) is 1. The first-order valence-electron chi connectivity index (χ1n) is 9.14. The number of aromatic nitrogens is 2. The highest BCUT2D eigenvalue weighted by molar-refractivity contribution is 7.22. The van der Waals surface area contributed by atoms with Crippen molar-refractivity contribution in [2.24, 2.45) is 0 Å². The lowest BCUT2D eigenvalue weighted by molar-refractivity contribution is -0.119. The number of amides is 2. The predicted molar refractivity (Wildman–Crippen MR) is 118 cm³/mol. The topological polar surface area (TPSA) is 75.2 Å². The van der Waals surface area contributed by atoms with Gasteiger partial charge in [0, 0.05) is 22.9 Å². The summed E-state index contributed by atoms with van der Waals surface area (Å²) < 4.78 is 1.02. The van der Waals surface area contributed by atoms with Gasteiger partial charge in [-0.25, -0.2) is 9.97 Å². The summed E-state index contributed by atoms with van der Waals surface area (Å²) in [6, 6.07) is 9.25. The number of carbonyl (C=O) groups is 2. The summed E-state index contributed by atoms with van der Waals surface area (Å²) in [5.74, 6) is -0.382. The number of carbonyl (C=O) groups excluding carboxylic acids is 2. The van der Waals surface area contributed by atoms with Gasteiger partial charge in [0.25, 0.3) is 5.91 Å². The van der Waals surface area contributed by atoms with Gasteiger partial charge in [-0.05, 0) is 36.4 Å². The van der Waals surface area contributed by atoms with Gasteiger partial charge in [0.2, 0.25) is 5.91 Å². The molecular formula is C20H16N4O2S3. The maximum Gasteiger partial charge on any atom is 0.274 e. The number of thiazole rings is 2. The Balaban J connectivity index is 1.32. The number of hydrogen-bond donors (Lipinski definition) is 1. The first kappa shape index (κ1) is 18.4. The molecule has 146 valence electrons. The molecule has 1 unspecified atom stereocenters. The van der Waals surface area contributed by atoms with Gasteiger partial charge in [0.1, 0.15) is 16.7 Å². The summed E-state index contributed by atoms with van der Waals surface area (Å²) in [5.41, 5.74) is 2.28. The van der Waals surface area contributed by atoms with Crippen molar-refractivity contribution in [3.05, 3.63) is 52.2 Å². The summed E-state index contributed by atoms with van der Waals surface area (Å²) in [4.78, 5) is 36.5. The van der Waals surface area contributed by atoms with E-state index in [1.807, 2.05) is 41.1 Å². The van der Waals surface area contributed by atoms with Crippen molar-refractivity contribution >= 4 is 61.2 Å². The Hall–Kier alpha value is -2.62. The van der Waals surface area contributed by atoms with E-state index in [1.54, 1.807) is 21.6 Å². The minimum absolute atomic E-state index is 0.190. The number of likely N-dealkylation sites (tertiary alicyclic amines) is 1. The fourth-order valence-corrected chi connectivity index (χ4v) is 5.81. The molecule has 2 amide bonds. The van der Waals surface area contributed by atoms with E-state index in [4.69, 9.17) is 0 Å². The van der Waals surface area contributed by atoms with Crippen LogP contribution in [-0.2, 0) is 4.79 Å². The Morgan fingerprint density at radius 1 is 1.14 bits per heavy atom. The second kappa shape index (κ2) is 7.66. The molecule has 29 heavy (non-hydrogen) atoms. The van der Waals surface area contributed by atoms with Crippen LogP contribution in [0.25, 0.3) is 20.8 Å². The molecule has 1 aliphatic heterocycles. The first-order valence-corrected chi connectivity index (χ1v) is 11.8. The van der Waals surface area contributed by atoms with Crippen LogP contribution in [0.3, 0.4) is 0 Å². The number of thiophene rings is 1. The van der Waals surface area contributed by atoms with Gasteiger partial charge in [0.05, 0.1) is 10.2 Å². The molecule has 0 spiro atoms. The van der Waals surface area contributed by atoms with Crippen LogP contribution in [0.4, 0.5) is 5.13 Å². The zero-order valence-corrected chi connectivity index (χ0v) is 17.6. The van der Waals surface area contributed by atoms with Crippen LogP contribution in [-0.4, -0.2) is 39.3 Å². The molecule has 4 aromatic rings. The second-order valence-electron chi connectivity index (χ2n) is 6.68. The standard InChI is InChI=1S/C20H16N4O2S3/c25-17(23-20-22-13-4-1-2-6-16(13)29-20)15-5-3-8-24(15)19(26)14-11-28-18(21-14)12-7-9-27-10-12/h1-2,4,6-7,9-11,15H,3,5,8H2,(H,22,23,25). The van der Waals surface area contributed by atoms with Crippen molar-refractivity contribution in [1.29, 1.82) is 0 Å². The molecule has 1 aliphatic rings. The van der Waals surface area contributed by atoms with Crippen molar-refractivity contribution in [2.75, 3.05) is 11.9 Å². The van der Waals surface area contributed by atoms with Crippen molar-refractivity contribution < 1.29 is 9.59 Å². The Morgan fingerprint density at radius 2 is 2.03 bits per heavy atom. The molecule has 0 bridgehead atoms. The third-order valence-electron chi connectivity index (χ3n) is 4.83. The van der Waals surface area contributed by atoms with Gasteiger partial charge < -0.3 is 10.2 Å². The minimum Gasteiger partial charge on any atom is -0.325 e. The van der Waals surface area contributed by atoms with Gasteiger partial charge in [0.15, 0.2) is 5.13 Å². The highest BCUT2D eigenvalue weighted by atomic mass is 32.1. The number of nitrogens with zero attached hydrogens (tertiary/aromatic N) is 3. The van der Waals surface area contributed by atoms with Crippen LogP contribution in [0.15, 0.2) is 46.5 Å². The van der Waals surface area contributed by atoms with Crippen molar-refractivity contribution in [3.8, 4) is 10.6 Å². The van der Waals surface area contributed by atoms with Gasteiger partial charge in [-0.15, -0.1) is 11.3 Å². The zero-order chi connectivity index (χ0) is 19.8. The Bertz CT molecular complexity index is 1150. The molecule has 1 fully saturated rings. The molecule has 3 aromatic heterocycles. The highest BCUT2D eigenvalue weighted by Gasteiger charge is 2.35. The lowest BCUT2D eigenvalue weighted by Gasteiger charge is -2.22. The summed E-state index contributed by atoms with van der Waals surface area (Å²) in [7, 11) is 0. The lowest BCUT2D eigenvalue weighted by atomic mass is 10.2. The molecule has 1 atom stereocenters. The monoisotopic (exact) mass is 440 g/mol. The number of hydrogen-bond acceptors (Lipinski definition) is 7. The van der Waals surface area contributed by atoms with Crippen LogP contribution in [0.2, 0.25) is 0 Å². The maximum absolute atomic E-state index is 13.0. The summed E-state index contributed by atoms with van der Waals surface area (Å²) in [5, 5.41) is 10.1. The van der Waals surface area contributed by atoms with Gasteiger partial charge in [-0.2, -0.15) is 11.3 Å². The van der Waals surface area contributed by atoms with Crippen LogP contribution >= 0.6 is 34.0 Å². The average Bonchev–Trinajstić information content (AvgIpc) is 3.53. The second-order valence-corrected chi connectivity index (χ2v) is 9.35. The lowest BCUT2D eigenvalue weighted by Crippen LogP contribution is -2.43. The maximum atomic E-state index is 13.0. The zero-order valence-electron chi connectivity index (χ0n) is 15.2. The average molecular weight is 441 g/mol. The highest BCUT2D eigenvalue weighted by Crippen LogP contribution is 2.29. The molecule has 0 radical (unpaired) electrons. The van der Waals surface area contributed by atoms with Gasteiger partial charge in [-0.1, -0.05) is 23.5 Å². The first-order chi connectivity index (χ1) is 14.2. The molecule has 4 heterocycles. The van der Waals surface area contributed by atoms with Gasteiger partial charge in [-0.3, -0.25) is 9.59 Å².